The van der Waals surface area contributed by atoms with Gasteiger partial charge >= 0.3 is 0 Å². The summed E-state index contributed by atoms with van der Waals surface area (Å²) in [6.45, 7) is 9.76. The number of benzene rings is 6. The Bertz CT molecular complexity index is 2700. The summed E-state index contributed by atoms with van der Waals surface area (Å²) in [6.07, 6.45) is 14.0. The summed E-state index contributed by atoms with van der Waals surface area (Å²) in [5.41, 5.74) is 22.5. The van der Waals surface area contributed by atoms with Crippen LogP contribution < -0.4 is 4.90 Å². The Labute approximate surface area is 332 Å². The summed E-state index contributed by atoms with van der Waals surface area (Å²) >= 11 is 0. The van der Waals surface area contributed by atoms with Crippen molar-refractivity contribution in [1.82, 2.24) is 0 Å². The van der Waals surface area contributed by atoms with Gasteiger partial charge in [0.15, 0.2) is 0 Å². The van der Waals surface area contributed by atoms with Crippen LogP contribution in [0.15, 0.2) is 175 Å². The summed E-state index contributed by atoms with van der Waals surface area (Å²) in [4.78, 5) is 2.60. The number of allylic oxidation sites excluding steroid dienone is 8. The molecule has 5 aliphatic carbocycles. The predicted octanol–water partition coefficient (Wildman–Crippen LogP) is 14.3. The van der Waals surface area contributed by atoms with Crippen molar-refractivity contribution >= 4 is 28.2 Å². The van der Waals surface area contributed by atoms with Crippen molar-refractivity contribution in [3.63, 3.8) is 0 Å². The normalized spacial score (nSPS) is 18.6. The molecule has 0 fully saturated rings. The van der Waals surface area contributed by atoms with Gasteiger partial charge in [-0.2, -0.15) is 0 Å². The summed E-state index contributed by atoms with van der Waals surface area (Å²) in [5, 5.41) is 0. The van der Waals surface area contributed by atoms with Crippen LogP contribution in [-0.4, -0.2) is 0 Å². The van der Waals surface area contributed by atoms with Gasteiger partial charge in [-0.15, -0.1) is 0 Å². The Morgan fingerprint density at radius 1 is 0.482 bits per heavy atom. The van der Waals surface area contributed by atoms with Crippen molar-refractivity contribution in [1.29, 1.82) is 0 Å². The predicted molar refractivity (Wildman–Crippen MR) is 235 cm³/mol. The zero-order chi connectivity index (χ0) is 37.8. The van der Waals surface area contributed by atoms with E-state index in [0.29, 0.717) is 0 Å². The van der Waals surface area contributed by atoms with E-state index in [1.54, 1.807) is 5.57 Å². The zero-order valence-electron chi connectivity index (χ0n) is 32.9. The minimum Gasteiger partial charge on any atom is -0.310 e. The van der Waals surface area contributed by atoms with Crippen molar-refractivity contribution in [2.45, 2.75) is 69.6 Å². The molecule has 0 amide bonds. The summed E-state index contributed by atoms with van der Waals surface area (Å²) < 4.78 is 0. The largest absolute Gasteiger partial charge is 0.310 e. The molecular weight excluding hydrogens is 675 g/mol. The fourth-order valence-corrected chi connectivity index (χ4v) is 11.5. The van der Waals surface area contributed by atoms with E-state index in [2.05, 4.69) is 196 Å². The average molecular weight is 722 g/mol. The fraction of sp³-hybridized carbons (Fsp3) is 0.200. The van der Waals surface area contributed by atoms with Gasteiger partial charge in [-0.05, 0) is 128 Å². The van der Waals surface area contributed by atoms with Crippen molar-refractivity contribution in [2.75, 3.05) is 4.90 Å². The van der Waals surface area contributed by atoms with Crippen molar-refractivity contribution in [2.24, 2.45) is 0 Å². The molecule has 0 N–H and O–H groups in total. The lowest BCUT2D eigenvalue weighted by Gasteiger charge is -2.36. The maximum Gasteiger partial charge on any atom is 0.0714 e. The lowest BCUT2D eigenvalue weighted by Crippen LogP contribution is -2.29. The number of anilines is 3. The van der Waals surface area contributed by atoms with Crippen LogP contribution in [0.1, 0.15) is 97.9 Å². The number of nitrogens with zero attached hydrogens (tertiary/aromatic N) is 1. The van der Waals surface area contributed by atoms with E-state index in [1.165, 1.54) is 89.4 Å². The first-order chi connectivity index (χ1) is 27.3. The SMILES string of the molecule is CC1(C)C2=C(CCC=C2)c2ccc(N(c3cccc(C4(c5ccccc5)c5ccccc5-c5ccccc54)c3)c3cccc4c3C(C)(C)C3=C4C=CCC3)cc21. The van der Waals surface area contributed by atoms with Gasteiger partial charge in [0.2, 0.25) is 0 Å². The molecule has 1 nitrogen and oxygen atoms in total. The quantitative estimate of drug-likeness (QED) is 0.171. The molecule has 1 heteroatoms. The van der Waals surface area contributed by atoms with Gasteiger partial charge in [0, 0.05) is 22.2 Å². The minimum atomic E-state index is -0.477. The first-order valence-corrected chi connectivity index (χ1v) is 20.6. The van der Waals surface area contributed by atoms with Crippen LogP contribution in [0.5, 0.6) is 0 Å². The van der Waals surface area contributed by atoms with Crippen LogP contribution >= 0.6 is 0 Å². The van der Waals surface area contributed by atoms with Gasteiger partial charge in [0.1, 0.15) is 0 Å². The molecule has 0 heterocycles. The Balaban J connectivity index is 1.18. The average Bonchev–Trinajstić information content (AvgIpc) is 3.77. The number of fused-ring (bicyclic) bond motifs is 7. The topological polar surface area (TPSA) is 3.24 Å². The first-order valence-electron chi connectivity index (χ1n) is 20.6. The third-order valence-electron chi connectivity index (χ3n) is 13.9. The molecule has 6 aromatic carbocycles. The number of hydrogen-bond donors (Lipinski definition) is 0. The summed E-state index contributed by atoms with van der Waals surface area (Å²) in [6, 6.07) is 53.2. The van der Waals surface area contributed by atoms with Crippen molar-refractivity contribution in [3.05, 3.63) is 219 Å². The Hall–Kier alpha value is -5.92. The van der Waals surface area contributed by atoms with Crippen LogP contribution in [0.3, 0.4) is 0 Å². The highest BCUT2D eigenvalue weighted by Crippen LogP contribution is 2.59. The lowest BCUT2D eigenvalue weighted by atomic mass is 9.67. The van der Waals surface area contributed by atoms with Gasteiger partial charge in [0.05, 0.1) is 11.1 Å². The molecule has 0 radical (unpaired) electrons. The number of hydrogen-bond acceptors (Lipinski definition) is 1. The van der Waals surface area contributed by atoms with Crippen LogP contribution in [0.2, 0.25) is 0 Å². The molecule has 5 aliphatic rings. The minimum absolute atomic E-state index is 0.0664. The Morgan fingerprint density at radius 3 is 1.91 bits per heavy atom. The molecule has 56 heavy (non-hydrogen) atoms. The molecule has 0 aromatic heterocycles. The van der Waals surface area contributed by atoms with Crippen LogP contribution in [-0.2, 0) is 16.2 Å². The molecule has 272 valence electrons. The zero-order valence-corrected chi connectivity index (χ0v) is 32.9. The van der Waals surface area contributed by atoms with Gasteiger partial charge in [-0.1, -0.05) is 167 Å². The van der Waals surface area contributed by atoms with Crippen LogP contribution in [0.4, 0.5) is 17.1 Å². The Kier molecular flexibility index (Phi) is 7.18. The van der Waals surface area contributed by atoms with E-state index in [1.807, 2.05) is 0 Å². The van der Waals surface area contributed by atoms with E-state index >= 15 is 0 Å². The van der Waals surface area contributed by atoms with E-state index in [4.69, 9.17) is 0 Å². The smallest absolute Gasteiger partial charge is 0.0714 e. The molecule has 0 atom stereocenters. The van der Waals surface area contributed by atoms with Gasteiger partial charge < -0.3 is 4.90 Å². The molecule has 6 aromatic rings. The van der Waals surface area contributed by atoms with Crippen molar-refractivity contribution < 1.29 is 0 Å². The molecular formula is C55H47N. The standard InChI is InChI=1S/C55H47N/c1-53(2)46-27-12-8-22-40(46)44-33-32-39(35-50(44)53)56(51-31-17-26-45-43-25-9-13-28-47(43)54(3,4)52(45)51)38-21-16-20-37(34-38)55(36-18-6-5-7-19-36)48-29-14-10-23-41(48)42-24-11-15-30-49(42)55/h5-7,9-12,14-21,23-27,29-35H,8,13,22,28H2,1-4H3. The Morgan fingerprint density at radius 2 is 1.12 bits per heavy atom. The number of rotatable bonds is 5. The third-order valence-corrected chi connectivity index (χ3v) is 13.9. The molecule has 0 bridgehead atoms. The van der Waals surface area contributed by atoms with E-state index < -0.39 is 5.41 Å². The molecule has 0 aliphatic heterocycles. The van der Waals surface area contributed by atoms with E-state index in [0.717, 1.165) is 25.7 Å². The second-order valence-electron chi connectivity index (χ2n) is 17.4. The molecule has 11 rings (SSSR count). The third kappa shape index (κ3) is 4.43. The van der Waals surface area contributed by atoms with E-state index in [9.17, 15) is 0 Å². The van der Waals surface area contributed by atoms with Gasteiger partial charge in [-0.3, -0.25) is 0 Å². The maximum absolute atomic E-state index is 2.60. The highest BCUT2D eigenvalue weighted by Gasteiger charge is 2.47. The van der Waals surface area contributed by atoms with Crippen LogP contribution in [0, 0.1) is 0 Å². The lowest BCUT2D eigenvalue weighted by molar-refractivity contribution is 0.608. The fourth-order valence-electron chi connectivity index (χ4n) is 11.5. The van der Waals surface area contributed by atoms with Crippen LogP contribution in [0.25, 0.3) is 22.3 Å². The van der Waals surface area contributed by atoms with Gasteiger partial charge in [-0.25, -0.2) is 0 Å². The molecule has 0 unspecified atom stereocenters. The highest BCUT2D eigenvalue weighted by molar-refractivity contribution is 5.94. The second-order valence-corrected chi connectivity index (χ2v) is 17.4. The van der Waals surface area contributed by atoms with Gasteiger partial charge in [0.25, 0.3) is 0 Å². The van der Waals surface area contributed by atoms with Crippen molar-refractivity contribution in [3.8, 4) is 11.1 Å². The molecule has 0 saturated carbocycles. The first kappa shape index (κ1) is 33.4. The highest BCUT2D eigenvalue weighted by atomic mass is 15.1. The monoisotopic (exact) mass is 721 g/mol. The summed E-state index contributed by atoms with van der Waals surface area (Å²) in [5.74, 6) is 0. The van der Waals surface area contributed by atoms with E-state index in [-0.39, 0.29) is 10.8 Å². The second kappa shape index (κ2) is 12.0. The maximum atomic E-state index is 2.60. The molecule has 0 saturated heterocycles. The summed E-state index contributed by atoms with van der Waals surface area (Å²) in [7, 11) is 0. The molecule has 0 spiro atoms.